The van der Waals surface area contributed by atoms with Crippen LogP contribution in [0.15, 0.2) is 40.8 Å². The molecule has 34 heavy (non-hydrogen) atoms. The lowest BCUT2D eigenvalue weighted by molar-refractivity contribution is -0.127. The number of benzene rings is 1. The van der Waals surface area contributed by atoms with Crippen LogP contribution in [0, 0.1) is 0 Å². The van der Waals surface area contributed by atoms with Crippen molar-refractivity contribution < 1.29 is 23.5 Å². The summed E-state index contributed by atoms with van der Waals surface area (Å²) in [5.41, 5.74) is 1.30. The van der Waals surface area contributed by atoms with Gasteiger partial charge in [0, 0.05) is 24.7 Å². The Hall–Kier alpha value is -4.61. The summed E-state index contributed by atoms with van der Waals surface area (Å²) in [6.45, 7) is 0.278. The van der Waals surface area contributed by atoms with Crippen LogP contribution < -0.4 is 10.1 Å². The lowest BCUT2D eigenvalue weighted by atomic mass is 9.82. The van der Waals surface area contributed by atoms with Gasteiger partial charge in [-0.1, -0.05) is 6.07 Å². The highest BCUT2D eigenvalue weighted by molar-refractivity contribution is 6.10. The number of amides is 3. The maximum absolute atomic E-state index is 13.2. The van der Waals surface area contributed by atoms with Crippen molar-refractivity contribution in [2.24, 2.45) is 0 Å². The number of imide groups is 1. The first-order chi connectivity index (χ1) is 16.5. The van der Waals surface area contributed by atoms with Crippen molar-refractivity contribution in [2.45, 2.75) is 18.4 Å². The molecule has 2 aliphatic rings. The third-order valence-electron chi connectivity index (χ3n) is 6.23. The van der Waals surface area contributed by atoms with E-state index in [9.17, 15) is 14.4 Å². The summed E-state index contributed by atoms with van der Waals surface area (Å²) in [5.74, 6) is -0.0609. The van der Waals surface area contributed by atoms with Gasteiger partial charge in [0.15, 0.2) is 5.58 Å². The van der Waals surface area contributed by atoms with E-state index in [1.54, 1.807) is 35.2 Å². The van der Waals surface area contributed by atoms with E-state index < -0.39 is 17.2 Å². The molecule has 170 valence electrons. The highest BCUT2D eigenvalue weighted by atomic mass is 16.5. The van der Waals surface area contributed by atoms with Gasteiger partial charge in [0.1, 0.15) is 28.1 Å². The number of hydrogen-bond acceptors (Lipinski definition) is 9. The van der Waals surface area contributed by atoms with Gasteiger partial charge in [-0.3, -0.25) is 19.7 Å². The van der Waals surface area contributed by atoms with Crippen LogP contribution in [0.4, 0.5) is 0 Å². The highest BCUT2D eigenvalue weighted by Gasteiger charge is 2.53. The Morgan fingerprint density at radius 3 is 2.79 bits per heavy atom. The molecule has 2 N–H and O–H groups in total. The topological polar surface area (TPSA) is 156 Å². The largest absolute Gasteiger partial charge is 0.497 e. The fourth-order valence-electron chi connectivity index (χ4n) is 4.52. The third kappa shape index (κ3) is 2.95. The van der Waals surface area contributed by atoms with Crippen molar-refractivity contribution in [3.8, 4) is 17.3 Å². The van der Waals surface area contributed by atoms with E-state index in [4.69, 9.17) is 9.15 Å². The second kappa shape index (κ2) is 7.20. The number of pyridine rings is 1. The standard InChI is InChI=1S/C22H17N7O5/c1-33-12-3-2-11-9-29(20(31)13(11)6-12)10-22(8-18(30)24-21(22)32)17-7-15-16(34-17)5-4-14(23-15)19-25-27-28-26-19/h2-7H,8-10H2,1H3,(H,24,30,32)(H,25,26,27,28)/t22-/m1/s1. The molecular formula is C22H17N7O5. The lowest BCUT2D eigenvalue weighted by Crippen LogP contribution is -2.46. The summed E-state index contributed by atoms with van der Waals surface area (Å²) in [5, 5.41) is 16.1. The second-order valence-corrected chi connectivity index (χ2v) is 8.25. The number of H-pyrrole nitrogens is 1. The second-order valence-electron chi connectivity index (χ2n) is 8.25. The molecule has 5 heterocycles. The zero-order valence-corrected chi connectivity index (χ0v) is 17.9. The van der Waals surface area contributed by atoms with E-state index in [0.717, 1.165) is 5.56 Å². The fraction of sp³-hybridized carbons (Fsp3) is 0.227. The summed E-state index contributed by atoms with van der Waals surface area (Å²) in [6, 6.07) is 10.2. The maximum atomic E-state index is 13.2. The molecule has 0 spiro atoms. The summed E-state index contributed by atoms with van der Waals surface area (Å²) in [7, 11) is 1.53. The van der Waals surface area contributed by atoms with E-state index >= 15 is 0 Å². The third-order valence-corrected chi connectivity index (χ3v) is 6.23. The molecule has 0 aliphatic carbocycles. The summed E-state index contributed by atoms with van der Waals surface area (Å²) in [4.78, 5) is 44.6. The van der Waals surface area contributed by atoms with E-state index in [-0.39, 0.29) is 24.6 Å². The quantitative estimate of drug-likeness (QED) is 0.415. The van der Waals surface area contributed by atoms with Gasteiger partial charge in [-0.15, -0.1) is 10.2 Å². The molecule has 1 atom stereocenters. The Morgan fingerprint density at radius 1 is 1.18 bits per heavy atom. The normalized spacial score (nSPS) is 19.7. The number of aromatic amines is 1. The molecule has 12 nitrogen and oxygen atoms in total. The minimum absolute atomic E-state index is 0.0298. The minimum Gasteiger partial charge on any atom is -0.497 e. The van der Waals surface area contributed by atoms with Crippen molar-refractivity contribution in [2.75, 3.05) is 13.7 Å². The van der Waals surface area contributed by atoms with Gasteiger partial charge in [0.2, 0.25) is 17.6 Å². The van der Waals surface area contributed by atoms with E-state index in [2.05, 4.69) is 30.9 Å². The number of tetrazole rings is 1. The first kappa shape index (κ1) is 20.0. The van der Waals surface area contributed by atoms with Crippen LogP contribution in [-0.2, 0) is 21.5 Å². The van der Waals surface area contributed by atoms with Crippen molar-refractivity contribution in [1.82, 2.24) is 35.8 Å². The van der Waals surface area contributed by atoms with Gasteiger partial charge in [-0.05, 0) is 35.0 Å². The average molecular weight is 459 g/mol. The van der Waals surface area contributed by atoms with E-state index in [1.165, 1.54) is 7.11 Å². The highest BCUT2D eigenvalue weighted by Crippen LogP contribution is 2.39. The van der Waals surface area contributed by atoms with Gasteiger partial charge in [-0.2, -0.15) is 5.21 Å². The first-order valence-corrected chi connectivity index (χ1v) is 10.4. The number of aromatic nitrogens is 5. The van der Waals surface area contributed by atoms with E-state index in [1.807, 2.05) is 6.07 Å². The first-order valence-electron chi connectivity index (χ1n) is 10.4. The zero-order valence-electron chi connectivity index (χ0n) is 17.9. The fourth-order valence-corrected chi connectivity index (χ4v) is 4.52. The number of carbonyl (C=O) groups is 3. The SMILES string of the molecule is COc1ccc2c(c1)C(=O)N(C[C@@]1(c3cc4nc(-c5nn[nH]n5)ccc4o3)CC(=O)NC1=O)C2. The lowest BCUT2D eigenvalue weighted by Gasteiger charge is -2.28. The molecule has 2 aliphatic heterocycles. The number of hydrogen-bond donors (Lipinski definition) is 2. The summed E-state index contributed by atoms with van der Waals surface area (Å²) >= 11 is 0. The van der Waals surface area contributed by atoms with Gasteiger partial charge in [0.25, 0.3) is 5.91 Å². The Kier molecular flexibility index (Phi) is 4.24. The molecule has 1 saturated heterocycles. The van der Waals surface area contributed by atoms with Crippen LogP contribution in [0.3, 0.4) is 0 Å². The number of nitrogens with zero attached hydrogens (tertiary/aromatic N) is 5. The van der Waals surface area contributed by atoms with Gasteiger partial charge in [0.05, 0.1) is 13.5 Å². The predicted molar refractivity (Wildman–Crippen MR) is 114 cm³/mol. The number of ether oxygens (including phenoxy) is 1. The van der Waals surface area contributed by atoms with Crippen LogP contribution in [0.5, 0.6) is 5.75 Å². The number of fused-ring (bicyclic) bond motifs is 2. The smallest absolute Gasteiger partial charge is 0.254 e. The Bertz CT molecular complexity index is 1480. The molecule has 3 amide bonds. The minimum atomic E-state index is -1.38. The van der Waals surface area contributed by atoms with Crippen molar-refractivity contribution in [3.05, 3.63) is 53.3 Å². The van der Waals surface area contributed by atoms with Gasteiger partial charge in [-0.25, -0.2) is 4.98 Å². The van der Waals surface area contributed by atoms with Crippen molar-refractivity contribution in [3.63, 3.8) is 0 Å². The van der Waals surface area contributed by atoms with Crippen LogP contribution in [0.1, 0.15) is 28.1 Å². The number of carbonyl (C=O) groups excluding carboxylic acids is 3. The molecule has 0 radical (unpaired) electrons. The Morgan fingerprint density at radius 2 is 2.06 bits per heavy atom. The Labute approximate surface area is 191 Å². The molecule has 4 aromatic rings. The molecule has 3 aromatic heterocycles. The number of rotatable bonds is 5. The maximum Gasteiger partial charge on any atom is 0.254 e. The van der Waals surface area contributed by atoms with Gasteiger partial charge >= 0.3 is 0 Å². The predicted octanol–water partition coefficient (Wildman–Crippen LogP) is 0.957. The van der Waals surface area contributed by atoms with Gasteiger partial charge < -0.3 is 14.1 Å². The molecule has 6 rings (SSSR count). The number of nitrogens with one attached hydrogen (secondary N) is 2. The van der Waals surface area contributed by atoms with E-state index in [0.29, 0.717) is 40.5 Å². The molecule has 0 bridgehead atoms. The molecule has 1 fully saturated rings. The van der Waals surface area contributed by atoms with Crippen LogP contribution in [0.2, 0.25) is 0 Å². The number of furan rings is 1. The van der Waals surface area contributed by atoms with Crippen LogP contribution in [-0.4, -0.2) is 61.9 Å². The Balaban J connectivity index is 1.39. The molecular weight excluding hydrogens is 442 g/mol. The summed E-state index contributed by atoms with van der Waals surface area (Å²) < 4.78 is 11.2. The van der Waals surface area contributed by atoms with Crippen LogP contribution in [0.25, 0.3) is 22.6 Å². The molecule has 1 aromatic carbocycles. The molecule has 12 heteroatoms. The average Bonchev–Trinajstić information content (AvgIpc) is 3.61. The number of methoxy groups -OCH3 is 1. The molecule has 0 unspecified atom stereocenters. The van der Waals surface area contributed by atoms with Crippen molar-refractivity contribution in [1.29, 1.82) is 0 Å². The molecule has 0 saturated carbocycles. The zero-order chi connectivity index (χ0) is 23.4. The van der Waals surface area contributed by atoms with Crippen molar-refractivity contribution >= 4 is 28.8 Å². The summed E-state index contributed by atoms with van der Waals surface area (Å²) in [6.07, 6.45) is -0.146. The van der Waals surface area contributed by atoms with Crippen LogP contribution >= 0.6 is 0 Å². The monoisotopic (exact) mass is 459 g/mol.